The summed E-state index contributed by atoms with van der Waals surface area (Å²) in [4.78, 5) is 8.19. The van der Waals surface area contributed by atoms with Crippen LogP contribution in [-0.2, 0) is 13.1 Å². The standard InChI is InChI=1S/C22H26FN5O/c1-4-29-21-11-16(2)5-7-18(21)14-27-22(24-3)26-13-17-6-8-20(19(23)12-17)28-10-9-25-15-28/h5-12,15H,4,13-14H2,1-3H3,(H2,24,26,27). The van der Waals surface area contributed by atoms with Crippen molar-refractivity contribution in [2.45, 2.75) is 26.9 Å². The number of hydrogen-bond acceptors (Lipinski definition) is 3. The predicted octanol–water partition coefficient (Wildman–Crippen LogP) is 3.58. The van der Waals surface area contributed by atoms with Crippen LogP contribution in [0.3, 0.4) is 0 Å². The van der Waals surface area contributed by atoms with Gasteiger partial charge >= 0.3 is 0 Å². The van der Waals surface area contributed by atoms with E-state index < -0.39 is 0 Å². The van der Waals surface area contributed by atoms with Crippen molar-refractivity contribution < 1.29 is 9.13 Å². The maximum atomic E-state index is 14.4. The molecule has 152 valence electrons. The van der Waals surface area contributed by atoms with E-state index in [1.54, 1.807) is 36.4 Å². The second-order valence-electron chi connectivity index (χ2n) is 6.58. The van der Waals surface area contributed by atoms with Gasteiger partial charge in [-0.1, -0.05) is 18.2 Å². The summed E-state index contributed by atoms with van der Waals surface area (Å²) < 4.78 is 21.8. The summed E-state index contributed by atoms with van der Waals surface area (Å²) in [5.74, 6) is 1.20. The van der Waals surface area contributed by atoms with Gasteiger partial charge in [0.2, 0.25) is 0 Å². The summed E-state index contributed by atoms with van der Waals surface area (Å²) >= 11 is 0. The topological polar surface area (TPSA) is 63.5 Å². The lowest BCUT2D eigenvalue weighted by Gasteiger charge is -2.15. The average molecular weight is 395 g/mol. The van der Waals surface area contributed by atoms with E-state index in [1.165, 1.54) is 6.07 Å². The Bertz CT molecular complexity index is 969. The number of halogens is 1. The van der Waals surface area contributed by atoms with Gasteiger partial charge in [0.25, 0.3) is 0 Å². The van der Waals surface area contributed by atoms with Crippen molar-refractivity contribution in [3.63, 3.8) is 0 Å². The number of nitrogens with one attached hydrogen (secondary N) is 2. The smallest absolute Gasteiger partial charge is 0.191 e. The van der Waals surface area contributed by atoms with Gasteiger partial charge in [0.15, 0.2) is 5.96 Å². The minimum atomic E-state index is -0.300. The van der Waals surface area contributed by atoms with E-state index in [-0.39, 0.29) is 5.82 Å². The summed E-state index contributed by atoms with van der Waals surface area (Å²) in [6, 6.07) is 11.3. The van der Waals surface area contributed by atoms with E-state index in [0.717, 1.165) is 22.4 Å². The minimum Gasteiger partial charge on any atom is -0.494 e. The second-order valence-corrected chi connectivity index (χ2v) is 6.58. The molecule has 0 aliphatic rings. The van der Waals surface area contributed by atoms with Crippen molar-refractivity contribution >= 4 is 5.96 Å². The maximum absolute atomic E-state index is 14.4. The van der Waals surface area contributed by atoms with Crippen LogP contribution in [0, 0.1) is 12.7 Å². The highest BCUT2D eigenvalue weighted by molar-refractivity contribution is 5.79. The van der Waals surface area contributed by atoms with Crippen molar-refractivity contribution in [2.24, 2.45) is 4.99 Å². The summed E-state index contributed by atoms with van der Waals surface area (Å²) in [5, 5.41) is 6.49. The molecule has 0 spiro atoms. The normalized spacial score (nSPS) is 11.4. The number of ether oxygens (including phenoxy) is 1. The third-order valence-electron chi connectivity index (χ3n) is 4.45. The molecule has 2 N–H and O–H groups in total. The molecule has 7 heteroatoms. The Morgan fingerprint density at radius 1 is 1.17 bits per heavy atom. The lowest BCUT2D eigenvalue weighted by atomic mass is 10.1. The molecule has 2 aromatic carbocycles. The molecule has 0 saturated heterocycles. The van der Waals surface area contributed by atoms with Crippen LogP contribution < -0.4 is 15.4 Å². The average Bonchev–Trinajstić information content (AvgIpc) is 3.24. The van der Waals surface area contributed by atoms with Crippen molar-refractivity contribution in [1.82, 2.24) is 20.2 Å². The minimum absolute atomic E-state index is 0.300. The lowest BCUT2D eigenvalue weighted by Crippen LogP contribution is -2.36. The van der Waals surface area contributed by atoms with Crippen LogP contribution in [0.1, 0.15) is 23.6 Å². The first-order chi connectivity index (χ1) is 14.1. The van der Waals surface area contributed by atoms with Gasteiger partial charge in [-0.2, -0.15) is 0 Å². The molecule has 29 heavy (non-hydrogen) atoms. The number of benzene rings is 2. The Morgan fingerprint density at radius 3 is 2.69 bits per heavy atom. The lowest BCUT2D eigenvalue weighted by molar-refractivity contribution is 0.336. The molecule has 1 heterocycles. The van der Waals surface area contributed by atoms with Crippen molar-refractivity contribution in [1.29, 1.82) is 0 Å². The second kappa shape index (κ2) is 9.73. The third kappa shape index (κ3) is 5.34. The molecule has 0 aliphatic heterocycles. The predicted molar refractivity (Wildman–Crippen MR) is 113 cm³/mol. The summed E-state index contributed by atoms with van der Waals surface area (Å²) in [6.07, 6.45) is 4.91. The van der Waals surface area contributed by atoms with Crippen molar-refractivity contribution in [3.05, 3.63) is 77.6 Å². The zero-order chi connectivity index (χ0) is 20.6. The van der Waals surface area contributed by atoms with E-state index in [1.807, 2.05) is 32.0 Å². The first-order valence-corrected chi connectivity index (χ1v) is 9.54. The van der Waals surface area contributed by atoms with E-state index in [2.05, 4.69) is 26.7 Å². The Morgan fingerprint density at radius 2 is 2.00 bits per heavy atom. The maximum Gasteiger partial charge on any atom is 0.191 e. The van der Waals surface area contributed by atoms with E-state index in [9.17, 15) is 4.39 Å². The SMILES string of the molecule is CCOc1cc(C)ccc1CNC(=NC)NCc1ccc(-n2ccnc2)c(F)c1. The molecule has 0 saturated carbocycles. The molecule has 6 nitrogen and oxygen atoms in total. The highest BCUT2D eigenvalue weighted by Crippen LogP contribution is 2.20. The molecule has 0 fully saturated rings. The number of aromatic nitrogens is 2. The third-order valence-corrected chi connectivity index (χ3v) is 4.45. The van der Waals surface area contributed by atoms with Crippen LogP contribution in [0.15, 0.2) is 60.1 Å². The molecule has 0 unspecified atom stereocenters. The largest absolute Gasteiger partial charge is 0.494 e. The molecule has 0 aliphatic carbocycles. The van der Waals surface area contributed by atoms with E-state index in [0.29, 0.717) is 31.3 Å². The number of guanidine groups is 1. The van der Waals surface area contributed by atoms with Gasteiger partial charge in [-0.05, 0) is 43.2 Å². The first kappa shape index (κ1) is 20.4. The van der Waals surface area contributed by atoms with Gasteiger partial charge < -0.3 is 19.9 Å². The fourth-order valence-corrected chi connectivity index (χ4v) is 2.95. The van der Waals surface area contributed by atoms with Crippen LogP contribution in [0.5, 0.6) is 5.75 Å². The van der Waals surface area contributed by atoms with Crippen LogP contribution in [-0.4, -0.2) is 29.2 Å². The van der Waals surface area contributed by atoms with Gasteiger partial charge in [0.05, 0.1) is 18.6 Å². The molecule has 0 atom stereocenters. The molecule has 3 aromatic rings. The van der Waals surface area contributed by atoms with Gasteiger partial charge in [-0.3, -0.25) is 4.99 Å². The molecule has 0 bridgehead atoms. The molecule has 1 aromatic heterocycles. The summed E-state index contributed by atoms with van der Waals surface area (Å²) in [6.45, 7) is 5.65. The highest BCUT2D eigenvalue weighted by Gasteiger charge is 2.08. The van der Waals surface area contributed by atoms with Crippen LogP contribution in [0.2, 0.25) is 0 Å². The Labute approximate surface area is 170 Å². The van der Waals surface area contributed by atoms with E-state index >= 15 is 0 Å². The number of aryl methyl sites for hydroxylation is 1. The molecular weight excluding hydrogens is 369 g/mol. The number of hydrogen-bond donors (Lipinski definition) is 2. The van der Waals surface area contributed by atoms with Crippen LogP contribution in [0.4, 0.5) is 4.39 Å². The van der Waals surface area contributed by atoms with Crippen molar-refractivity contribution in [3.8, 4) is 11.4 Å². The van der Waals surface area contributed by atoms with E-state index in [4.69, 9.17) is 4.74 Å². The number of nitrogens with zero attached hydrogens (tertiary/aromatic N) is 3. The molecule has 3 rings (SSSR count). The van der Waals surface area contributed by atoms with Crippen molar-refractivity contribution in [2.75, 3.05) is 13.7 Å². The fraction of sp³-hybridized carbons (Fsp3) is 0.273. The zero-order valence-electron chi connectivity index (χ0n) is 16.9. The fourth-order valence-electron chi connectivity index (χ4n) is 2.95. The van der Waals surface area contributed by atoms with Gasteiger partial charge in [-0.15, -0.1) is 0 Å². The molecule has 0 radical (unpaired) electrons. The quantitative estimate of drug-likeness (QED) is 0.474. The van der Waals surface area contributed by atoms with Gasteiger partial charge in [0.1, 0.15) is 11.6 Å². The van der Waals surface area contributed by atoms with Crippen LogP contribution in [0.25, 0.3) is 5.69 Å². The first-order valence-electron chi connectivity index (χ1n) is 9.54. The zero-order valence-corrected chi connectivity index (χ0v) is 16.9. The number of imidazole rings is 1. The highest BCUT2D eigenvalue weighted by atomic mass is 19.1. The Kier molecular flexibility index (Phi) is 6.84. The van der Waals surface area contributed by atoms with Gasteiger partial charge in [0, 0.05) is 38.1 Å². The molecule has 0 amide bonds. The number of aliphatic imine (C=N–C) groups is 1. The van der Waals surface area contributed by atoms with Crippen LogP contribution >= 0.6 is 0 Å². The summed E-state index contributed by atoms with van der Waals surface area (Å²) in [5.41, 5.74) is 3.49. The Balaban J connectivity index is 1.59. The Hall–Kier alpha value is -3.35. The summed E-state index contributed by atoms with van der Waals surface area (Å²) in [7, 11) is 1.71. The number of rotatable bonds is 7. The van der Waals surface area contributed by atoms with Gasteiger partial charge in [-0.25, -0.2) is 9.37 Å². The monoisotopic (exact) mass is 395 g/mol. The molecular formula is C22H26FN5O.